The Bertz CT molecular complexity index is 495. The molecule has 6 nitrogen and oxygen atoms in total. The van der Waals surface area contributed by atoms with Gasteiger partial charge in [0.25, 0.3) is 5.69 Å². The molecule has 0 heterocycles. The Balaban J connectivity index is 3.05. The van der Waals surface area contributed by atoms with Crippen molar-refractivity contribution in [3.8, 4) is 0 Å². The standard InChI is InChI=1S/C14H22NO5P/c1-4-5-6-7-14(21(18,19-2)20-3)12-8-10-13(11-9-12)15(16)17/h8-11,14H,4-7H2,1-3H3. The molecule has 1 aromatic rings. The Labute approximate surface area is 125 Å². The van der Waals surface area contributed by atoms with Gasteiger partial charge in [0.05, 0.1) is 10.6 Å². The minimum Gasteiger partial charge on any atom is -0.312 e. The van der Waals surface area contributed by atoms with E-state index in [2.05, 4.69) is 6.92 Å². The highest BCUT2D eigenvalue weighted by Gasteiger charge is 2.34. The third-order valence-electron chi connectivity index (χ3n) is 3.46. The van der Waals surface area contributed by atoms with Crippen LogP contribution in [-0.4, -0.2) is 19.1 Å². The van der Waals surface area contributed by atoms with Crippen molar-refractivity contribution in [2.75, 3.05) is 14.2 Å². The lowest BCUT2D eigenvalue weighted by atomic mass is 10.1. The van der Waals surface area contributed by atoms with E-state index >= 15 is 0 Å². The first-order chi connectivity index (χ1) is 9.98. The van der Waals surface area contributed by atoms with Gasteiger partial charge in [-0.1, -0.05) is 38.3 Å². The lowest BCUT2D eigenvalue weighted by molar-refractivity contribution is -0.384. The van der Waals surface area contributed by atoms with Crippen LogP contribution >= 0.6 is 7.60 Å². The maximum Gasteiger partial charge on any atom is 0.337 e. The zero-order valence-corrected chi connectivity index (χ0v) is 13.5. The number of nitro benzene ring substituents is 1. The third kappa shape index (κ3) is 4.63. The minimum atomic E-state index is -3.26. The number of non-ortho nitro benzene ring substituents is 1. The average Bonchev–Trinajstić information content (AvgIpc) is 2.51. The second kappa shape index (κ2) is 8.27. The van der Waals surface area contributed by atoms with Crippen LogP contribution in [0.25, 0.3) is 0 Å². The molecule has 0 radical (unpaired) electrons. The average molecular weight is 315 g/mol. The number of rotatable bonds is 9. The summed E-state index contributed by atoms with van der Waals surface area (Å²) in [7, 11) is -0.535. The third-order valence-corrected chi connectivity index (χ3v) is 5.80. The summed E-state index contributed by atoms with van der Waals surface area (Å²) < 4.78 is 22.9. The van der Waals surface area contributed by atoms with E-state index in [1.165, 1.54) is 26.4 Å². The van der Waals surface area contributed by atoms with Crippen LogP contribution < -0.4 is 0 Å². The van der Waals surface area contributed by atoms with E-state index in [-0.39, 0.29) is 5.69 Å². The van der Waals surface area contributed by atoms with E-state index in [4.69, 9.17) is 9.05 Å². The van der Waals surface area contributed by atoms with E-state index in [0.29, 0.717) is 6.42 Å². The van der Waals surface area contributed by atoms with Gasteiger partial charge in [0.15, 0.2) is 0 Å². The zero-order chi connectivity index (χ0) is 15.9. The molecule has 0 aliphatic rings. The van der Waals surface area contributed by atoms with Gasteiger partial charge in [-0.3, -0.25) is 14.7 Å². The van der Waals surface area contributed by atoms with Crippen molar-refractivity contribution < 1.29 is 18.5 Å². The maximum absolute atomic E-state index is 12.7. The van der Waals surface area contributed by atoms with Gasteiger partial charge in [-0.2, -0.15) is 0 Å². The predicted molar refractivity (Wildman–Crippen MR) is 81.6 cm³/mol. The highest BCUT2D eigenvalue weighted by atomic mass is 31.2. The van der Waals surface area contributed by atoms with E-state index < -0.39 is 18.2 Å². The van der Waals surface area contributed by atoms with Crippen LogP contribution in [-0.2, 0) is 13.6 Å². The van der Waals surface area contributed by atoms with E-state index in [1.807, 2.05) is 0 Å². The maximum atomic E-state index is 12.7. The first-order valence-corrected chi connectivity index (χ1v) is 8.55. The summed E-state index contributed by atoms with van der Waals surface area (Å²) in [5.74, 6) is 0. The topological polar surface area (TPSA) is 78.7 Å². The lowest BCUT2D eigenvalue weighted by Gasteiger charge is -2.24. The molecule has 118 valence electrons. The van der Waals surface area contributed by atoms with Crippen molar-refractivity contribution in [3.05, 3.63) is 39.9 Å². The quantitative estimate of drug-likeness (QED) is 0.285. The second-order valence-corrected chi connectivity index (χ2v) is 7.20. The number of nitrogens with zero attached hydrogens (tertiary/aromatic N) is 1. The van der Waals surface area contributed by atoms with Crippen molar-refractivity contribution in [2.45, 2.75) is 38.3 Å². The molecule has 0 spiro atoms. The van der Waals surface area contributed by atoms with Gasteiger partial charge in [-0.25, -0.2) is 0 Å². The summed E-state index contributed by atoms with van der Waals surface area (Å²) in [5, 5.41) is 10.7. The van der Waals surface area contributed by atoms with Gasteiger partial charge < -0.3 is 9.05 Å². The predicted octanol–water partition coefficient (Wildman–Crippen LogP) is 4.70. The molecule has 21 heavy (non-hydrogen) atoms. The highest BCUT2D eigenvalue weighted by molar-refractivity contribution is 7.54. The van der Waals surface area contributed by atoms with Gasteiger partial charge in [0, 0.05) is 26.4 Å². The molecule has 0 aliphatic carbocycles. The molecule has 7 heteroatoms. The van der Waals surface area contributed by atoms with Crippen LogP contribution in [0.2, 0.25) is 0 Å². The first-order valence-electron chi connectivity index (χ1n) is 6.94. The zero-order valence-electron chi connectivity index (χ0n) is 12.7. The number of unbranched alkanes of at least 4 members (excludes halogenated alkanes) is 2. The number of nitro groups is 1. The highest BCUT2D eigenvalue weighted by Crippen LogP contribution is 2.61. The normalized spacial score (nSPS) is 13.1. The smallest absolute Gasteiger partial charge is 0.312 e. The van der Waals surface area contributed by atoms with E-state index in [1.54, 1.807) is 12.1 Å². The van der Waals surface area contributed by atoms with Crippen molar-refractivity contribution in [1.82, 2.24) is 0 Å². The van der Waals surface area contributed by atoms with Crippen LogP contribution in [0, 0.1) is 10.1 Å². The Kier molecular flexibility index (Phi) is 7.02. The van der Waals surface area contributed by atoms with E-state index in [0.717, 1.165) is 24.8 Å². The molecule has 0 aliphatic heterocycles. The van der Waals surface area contributed by atoms with E-state index in [9.17, 15) is 14.7 Å². The lowest BCUT2D eigenvalue weighted by Crippen LogP contribution is -2.04. The van der Waals surface area contributed by atoms with Gasteiger partial charge >= 0.3 is 7.60 Å². The molecule has 0 amide bonds. The Morgan fingerprint density at radius 3 is 2.19 bits per heavy atom. The SMILES string of the molecule is CCCCCC(c1ccc([N+](=O)[O-])cc1)P(=O)(OC)OC. The van der Waals surface area contributed by atoms with Gasteiger partial charge in [-0.05, 0) is 12.0 Å². The molecule has 0 aromatic heterocycles. The fourth-order valence-electron chi connectivity index (χ4n) is 2.24. The van der Waals surface area contributed by atoms with Crippen molar-refractivity contribution in [2.24, 2.45) is 0 Å². The summed E-state index contributed by atoms with van der Waals surface area (Å²) in [6, 6.07) is 6.08. The fraction of sp³-hybridized carbons (Fsp3) is 0.571. The molecule has 0 bridgehead atoms. The molecule has 1 rings (SSSR count). The monoisotopic (exact) mass is 315 g/mol. The second-order valence-electron chi connectivity index (χ2n) is 4.77. The summed E-state index contributed by atoms with van der Waals surface area (Å²) in [6.45, 7) is 2.09. The number of hydrogen-bond acceptors (Lipinski definition) is 5. The molecule has 0 saturated heterocycles. The largest absolute Gasteiger partial charge is 0.337 e. The van der Waals surface area contributed by atoms with Crippen LogP contribution in [0.1, 0.15) is 43.8 Å². The van der Waals surface area contributed by atoms with Crippen LogP contribution in [0.4, 0.5) is 5.69 Å². The van der Waals surface area contributed by atoms with Crippen molar-refractivity contribution >= 4 is 13.3 Å². The fourth-order valence-corrected chi connectivity index (χ4v) is 3.94. The van der Waals surface area contributed by atoms with Crippen molar-refractivity contribution in [3.63, 3.8) is 0 Å². The molecule has 0 fully saturated rings. The first kappa shape index (κ1) is 17.8. The van der Waals surface area contributed by atoms with Gasteiger partial charge in [0.1, 0.15) is 0 Å². The minimum absolute atomic E-state index is 0.00993. The summed E-state index contributed by atoms with van der Waals surface area (Å²) in [4.78, 5) is 10.2. The summed E-state index contributed by atoms with van der Waals surface area (Å²) in [5.41, 5.74) is 0.347. The molecule has 0 N–H and O–H groups in total. The molecular weight excluding hydrogens is 293 g/mol. The molecule has 0 saturated carbocycles. The summed E-state index contributed by atoms with van der Waals surface area (Å²) in [6.07, 6.45) is 3.63. The Morgan fingerprint density at radius 1 is 1.19 bits per heavy atom. The Morgan fingerprint density at radius 2 is 1.76 bits per heavy atom. The molecular formula is C14H22NO5P. The van der Waals surface area contributed by atoms with Crippen LogP contribution in [0.5, 0.6) is 0 Å². The Hall–Kier alpha value is -1.23. The number of hydrogen-bond donors (Lipinski definition) is 0. The van der Waals surface area contributed by atoms with Crippen LogP contribution in [0.3, 0.4) is 0 Å². The van der Waals surface area contributed by atoms with Crippen molar-refractivity contribution in [1.29, 1.82) is 0 Å². The molecule has 1 aromatic carbocycles. The summed E-state index contributed by atoms with van der Waals surface area (Å²) >= 11 is 0. The van der Waals surface area contributed by atoms with Gasteiger partial charge in [-0.15, -0.1) is 0 Å². The van der Waals surface area contributed by atoms with Gasteiger partial charge in [0.2, 0.25) is 0 Å². The molecule has 1 unspecified atom stereocenters. The van der Waals surface area contributed by atoms with Crippen LogP contribution in [0.15, 0.2) is 24.3 Å². The number of benzene rings is 1. The molecule has 1 atom stereocenters.